The van der Waals surface area contributed by atoms with Crippen molar-refractivity contribution in [2.24, 2.45) is 17.8 Å². The van der Waals surface area contributed by atoms with Crippen molar-refractivity contribution in [1.82, 2.24) is 0 Å². The van der Waals surface area contributed by atoms with E-state index in [0.717, 1.165) is 17.8 Å². The fourth-order valence-electron chi connectivity index (χ4n) is 1.91. The molecule has 0 aromatic carbocycles. The first-order chi connectivity index (χ1) is 13.8. The molecule has 0 aliphatic rings. The third kappa shape index (κ3) is 224. The van der Waals surface area contributed by atoms with Crippen molar-refractivity contribution in [1.29, 1.82) is 0 Å². The second-order valence-corrected chi connectivity index (χ2v) is 8.82. The summed E-state index contributed by atoms with van der Waals surface area (Å²) in [5.74, 6) is 2.79. The van der Waals surface area contributed by atoms with Gasteiger partial charge in [0.2, 0.25) is 0 Å². The normalized spacial score (nSPS) is 5.94. The molecule has 0 bridgehead atoms. The van der Waals surface area contributed by atoms with E-state index < -0.39 is 0 Å². The van der Waals surface area contributed by atoms with Crippen molar-refractivity contribution in [3.05, 3.63) is 0 Å². The zero-order valence-corrected chi connectivity index (χ0v) is 46.2. The number of hydrogen-bond acceptors (Lipinski definition) is 0. The Morgan fingerprint density at radius 2 is 0.490 bits per heavy atom. The molecule has 0 amide bonds. The summed E-state index contributed by atoms with van der Waals surface area (Å²) in [6.45, 7) is 28.7. The molecular weight excluding hydrogens is 1200 g/mol. The van der Waals surface area contributed by atoms with Gasteiger partial charge in [-0.2, -0.15) is 0 Å². The minimum Gasteiger partial charge on any atom is -0.0776 e. The van der Waals surface area contributed by atoms with Gasteiger partial charge in [-0.25, -0.2) is 0 Å². The van der Waals surface area contributed by atoms with Crippen LogP contribution in [-0.2, 0) is 0 Å². The van der Waals surface area contributed by atoms with Crippen LogP contribution in [0.15, 0.2) is 0 Å². The van der Waals surface area contributed by atoms with Crippen LogP contribution in [0, 0.1) is 810 Å². The molecule has 0 aliphatic heterocycles. The van der Waals surface area contributed by atoms with Crippen LogP contribution in [0.5, 0.6) is 0 Å². The van der Waals surface area contributed by atoms with E-state index >= 15 is 0 Å². The van der Waals surface area contributed by atoms with Gasteiger partial charge in [-0.05, 0) is 17.8 Å². The first-order valence-electron chi connectivity index (χ1n) is 13.8. The quantitative estimate of drug-likeness (QED) is 0.171. The monoisotopic (exact) mass is 1270 g/mol. The second-order valence-electron chi connectivity index (χ2n) is 8.82. The summed E-state index contributed by atoms with van der Waals surface area (Å²) in [4.78, 5) is 0. The van der Waals surface area contributed by atoms with Crippen molar-refractivity contribution < 1.29 is 793 Å². The molecule has 0 aliphatic carbocycles. The summed E-state index contributed by atoms with van der Waals surface area (Å²) in [6.07, 6.45) is 18.0. The standard InChI is InChI=1S/C12H26.C6H14.C5H12.C4H10.C2H6.CH4.21Ar/c1-4-6-8-9-11-12(3)10-7-5-2;1-4-6(3)5-2;1-4-5(2)3;1-3-4-2;1-2;;;;;;;;;;;;;;;;;;;;;;/h12H,4-11H2,1-3H3;6H,4-5H2,1-3H3;5H,4H2,1-3H3;3-4H2,1-2H3;1-2H3;1H4;;;;;;;;;;;;;;;;;;;;;. The molecule has 0 fully saturated rings. The van der Waals surface area contributed by atoms with Crippen molar-refractivity contribution in [2.75, 3.05) is 0 Å². The van der Waals surface area contributed by atoms with Gasteiger partial charge in [-0.3, -0.25) is 0 Å². The van der Waals surface area contributed by atoms with E-state index in [1.165, 1.54) is 83.5 Å². The molecule has 0 saturated carbocycles. The SMILES string of the molecule is C.CC.CCC(C)C.CCC(C)CC.CCCC.CCCCCCC(C)CCCC.[Ar].[Ar].[Ar].[Ar].[Ar].[Ar].[Ar].[Ar].[Ar].[Ar].[Ar].[Ar].[Ar].[Ar].[Ar].[Ar].[Ar].[Ar].[Ar].[Ar].[Ar]. The minimum absolute atomic E-state index is 0. The molecule has 0 nitrogen and oxygen atoms in total. The molecular formula is C30H72Ar21. The smallest absolute Gasteiger partial charge is 0 e. The Balaban J connectivity index is -0.00000000542. The van der Waals surface area contributed by atoms with Crippen molar-refractivity contribution in [2.45, 2.75) is 181 Å². The van der Waals surface area contributed by atoms with E-state index in [1.807, 2.05) is 13.8 Å². The summed E-state index contributed by atoms with van der Waals surface area (Å²) in [6, 6.07) is 0. The summed E-state index contributed by atoms with van der Waals surface area (Å²) in [7, 11) is 0. The fraction of sp³-hybridized carbons (Fsp3) is 1.00. The van der Waals surface area contributed by atoms with Gasteiger partial charge < -0.3 is 0 Å². The van der Waals surface area contributed by atoms with Gasteiger partial charge >= 0.3 is 0 Å². The molecule has 51 heavy (non-hydrogen) atoms. The maximum atomic E-state index is 2.40. The Labute approximate surface area is 957 Å². The molecule has 1 unspecified atom stereocenters. The van der Waals surface area contributed by atoms with Crippen LogP contribution in [0.4, 0.5) is 0 Å². The van der Waals surface area contributed by atoms with Gasteiger partial charge in [-0.1, -0.05) is 181 Å². The number of unbranched alkanes of at least 4 members (excludes halogenated alkanes) is 5. The number of rotatable bonds is 12. The zero-order valence-electron chi connectivity index (χ0n) is 31.3. The van der Waals surface area contributed by atoms with Crippen LogP contribution in [0.2, 0.25) is 0 Å². The second kappa shape index (κ2) is 185. The minimum atomic E-state index is 0. The zero-order chi connectivity index (χ0) is 23.9. The predicted octanol–water partition coefficient (Wildman–Crippen LogP) is 12.7. The first-order valence-corrected chi connectivity index (χ1v) is 13.8. The van der Waals surface area contributed by atoms with Gasteiger partial charge in [0.1, 0.15) is 0 Å². The Hall–Kier alpha value is 26.5. The van der Waals surface area contributed by atoms with Gasteiger partial charge in [0, 0.05) is 793 Å². The summed E-state index contributed by atoms with van der Waals surface area (Å²) in [5.41, 5.74) is 0. The molecule has 0 saturated heterocycles. The molecule has 0 heterocycles. The molecule has 1 atom stereocenters. The van der Waals surface area contributed by atoms with E-state index in [1.54, 1.807) is 0 Å². The van der Waals surface area contributed by atoms with Crippen LogP contribution in [0.1, 0.15) is 181 Å². The molecule has 21 heteroatoms. The van der Waals surface area contributed by atoms with Crippen LogP contribution in [0.3, 0.4) is 0 Å². The summed E-state index contributed by atoms with van der Waals surface area (Å²) in [5, 5.41) is 0. The molecule has 360 valence electrons. The maximum Gasteiger partial charge on any atom is 0 e. The molecule has 0 radical (unpaired) electrons. The third-order valence-electron chi connectivity index (χ3n) is 5.31. The first kappa shape index (κ1) is 178. The average molecular weight is 1270 g/mol. The Bertz CT molecular complexity index is 238. The van der Waals surface area contributed by atoms with Gasteiger partial charge in [0.05, 0.1) is 0 Å². The molecule has 0 N–H and O–H groups in total. The van der Waals surface area contributed by atoms with Crippen LogP contribution < -0.4 is 0 Å². The Morgan fingerprint density at radius 1 is 0.275 bits per heavy atom. The predicted molar refractivity (Wildman–Crippen MR) is 151 cm³/mol. The summed E-state index contributed by atoms with van der Waals surface area (Å²) < 4.78 is 0. The van der Waals surface area contributed by atoms with E-state index in [2.05, 4.69) is 76.2 Å². The van der Waals surface area contributed by atoms with Crippen LogP contribution >= 0.6 is 0 Å². The Morgan fingerprint density at radius 3 is 0.627 bits per heavy atom. The van der Waals surface area contributed by atoms with E-state index in [-0.39, 0.29) is 800 Å². The Kier molecular flexibility index (Phi) is 647. The molecule has 0 spiro atoms. The van der Waals surface area contributed by atoms with Crippen molar-refractivity contribution in [3.8, 4) is 0 Å². The molecule has 0 aromatic heterocycles. The maximum absolute atomic E-state index is 2.40. The summed E-state index contributed by atoms with van der Waals surface area (Å²) >= 11 is 0. The largest absolute Gasteiger partial charge is 0.0776 e. The average Bonchev–Trinajstić information content (AvgIpc) is 2.76. The fourth-order valence-corrected chi connectivity index (χ4v) is 1.91. The van der Waals surface area contributed by atoms with Crippen molar-refractivity contribution >= 4 is 0 Å². The topological polar surface area (TPSA) is 0 Å². The third-order valence-corrected chi connectivity index (χ3v) is 5.31. The molecule has 0 rings (SSSR count). The van der Waals surface area contributed by atoms with Crippen molar-refractivity contribution in [3.63, 3.8) is 0 Å². The van der Waals surface area contributed by atoms with E-state index in [0.29, 0.717) is 0 Å². The van der Waals surface area contributed by atoms with E-state index in [9.17, 15) is 0 Å². The van der Waals surface area contributed by atoms with E-state index in [4.69, 9.17) is 0 Å². The van der Waals surface area contributed by atoms with Crippen LogP contribution in [0.25, 0.3) is 0 Å². The van der Waals surface area contributed by atoms with Crippen LogP contribution in [-0.4, -0.2) is 0 Å². The number of hydrogen-bond donors (Lipinski definition) is 0. The van der Waals surface area contributed by atoms with Gasteiger partial charge in [0.25, 0.3) is 0 Å². The van der Waals surface area contributed by atoms with Gasteiger partial charge in [-0.15, -0.1) is 0 Å². The van der Waals surface area contributed by atoms with Gasteiger partial charge in [0.15, 0.2) is 0 Å². The molecule has 0 aromatic rings.